The minimum Gasteiger partial charge on any atom is -0.506 e. The molecule has 166 valence electrons. The first-order chi connectivity index (χ1) is 15.9. The van der Waals surface area contributed by atoms with Crippen molar-refractivity contribution in [3.63, 3.8) is 0 Å². The van der Waals surface area contributed by atoms with Gasteiger partial charge < -0.3 is 10.4 Å². The van der Waals surface area contributed by atoms with Crippen LogP contribution < -0.4 is 9.62 Å². The van der Waals surface area contributed by atoms with Crippen LogP contribution in [0.25, 0.3) is 11.1 Å². The van der Waals surface area contributed by atoms with Crippen LogP contribution in [0.15, 0.2) is 102 Å². The number of carbonyl (C=O) groups is 1. The quantitative estimate of drug-likeness (QED) is 0.222. The predicted molar refractivity (Wildman–Crippen MR) is 135 cm³/mol. The van der Waals surface area contributed by atoms with Crippen molar-refractivity contribution in [2.45, 2.75) is 0 Å². The van der Waals surface area contributed by atoms with E-state index in [9.17, 15) is 18.3 Å². The van der Waals surface area contributed by atoms with E-state index in [1.165, 1.54) is 18.2 Å². The number of phenols is 1. The van der Waals surface area contributed by atoms with Gasteiger partial charge in [-0.25, -0.2) is 12.7 Å². The van der Waals surface area contributed by atoms with Crippen LogP contribution in [0.3, 0.4) is 0 Å². The molecule has 33 heavy (non-hydrogen) atoms. The molecule has 0 bridgehead atoms. The van der Waals surface area contributed by atoms with Gasteiger partial charge in [-0.05, 0) is 65.7 Å². The summed E-state index contributed by atoms with van der Waals surface area (Å²) in [6.07, 6.45) is 0. The van der Waals surface area contributed by atoms with Crippen molar-refractivity contribution >= 4 is 49.8 Å². The van der Waals surface area contributed by atoms with Gasteiger partial charge in [0.2, 0.25) is 10.9 Å². The standard InChI is InChI=1S/C25H19BrN2O4S/c26-20-10-13-22(14-11-20)28(33(31)32)23-16-21(12-15-24(23)29)27-25(30)19-8-6-18(7-9-19)17-4-2-1-3-5-17/h1-16,29,33H,(H,27,30). The van der Waals surface area contributed by atoms with Gasteiger partial charge in [0.15, 0.2) is 0 Å². The van der Waals surface area contributed by atoms with Gasteiger partial charge in [-0.1, -0.05) is 58.4 Å². The molecule has 0 saturated heterocycles. The van der Waals surface area contributed by atoms with Crippen molar-refractivity contribution in [2.24, 2.45) is 0 Å². The van der Waals surface area contributed by atoms with Gasteiger partial charge in [0.25, 0.3) is 5.91 Å². The highest BCUT2D eigenvalue weighted by atomic mass is 79.9. The molecule has 0 atom stereocenters. The van der Waals surface area contributed by atoms with E-state index >= 15 is 0 Å². The van der Waals surface area contributed by atoms with Gasteiger partial charge in [-0.3, -0.25) is 4.79 Å². The van der Waals surface area contributed by atoms with Crippen molar-refractivity contribution in [3.8, 4) is 16.9 Å². The highest BCUT2D eigenvalue weighted by Crippen LogP contribution is 2.36. The lowest BCUT2D eigenvalue weighted by Crippen LogP contribution is -2.16. The summed E-state index contributed by atoms with van der Waals surface area (Å²) in [6.45, 7) is 0. The second-order valence-electron chi connectivity index (χ2n) is 7.13. The molecule has 1 amide bonds. The number of aromatic hydroxyl groups is 1. The van der Waals surface area contributed by atoms with Crippen LogP contribution in [-0.4, -0.2) is 19.4 Å². The van der Waals surface area contributed by atoms with E-state index in [-0.39, 0.29) is 17.3 Å². The molecule has 0 aliphatic carbocycles. The summed E-state index contributed by atoms with van der Waals surface area (Å²) in [5.74, 6) is -0.588. The molecule has 2 N–H and O–H groups in total. The average Bonchev–Trinajstić information content (AvgIpc) is 2.83. The minimum atomic E-state index is -3.10. The Bertz CT molecular complexity index is 1350. The number of thiol groups is 1. The Hall–Kier alpha value is -3.62. The fraction of sp³-hybridized carbons (Fsp3) is 0. The van der Waals surface area contributed by atoms with Crippen molar-refractivity contribution in [2.75, 3.05) is 9.62 Å². The summed E-state index contributed by atoms with van der Waals surface area (Å²) in [5.41, 5.74) is 3.22. The monoisotopic (exact) mass is 522 g/mol. The number of hydrogen-bond acceptors (Lipinski definition) is 4. The van der Waals surface area contributed by atoms with E-state index in [4.69, 9.17) is 0 Å². The molecule has 8 heteroatoms. The number of rotatable bonds is 6. The van der Waals surface area contributed by atoms with Crippen LogP contribution in [0.4, 0.5) is 17.1 Å². The molecule has 0 aliphatic heterocycles. The second-order valence-corrected chi connectivity index (χ2v) is 8.92. The Morgan fingerprint density at radius 3 is 2.09 bits per heavy atom. The zero-order chi connectivity index (χ0) is 23.4. The molecule has 0 saturated carbocycles. The maximum absolute atomic E-state index is 12.8. The number of hydrogen-bond donors (Lipinski definition) is 3. The fourth-order valence-corrected chi connectivity index (χ4v) is 4.24. The minimum absolute atomic E-state index is 0.0330. The fourth-order valence-electron chi connectivity index (χ4n) is 3.32. The molecule has 6 nitrogen and oxygen atoms in total. The lowest BCUT2D eigenvalue weighted by molar-refractivity contribution is 0.102. The molecule has 4 aromatic rings. The van der Waals surface area contributed by atoms with Gasteiger partial charge in [0, 0.05) is 15.7 Å². The molecule has 0 spiro atoms. The Kier molecular flexibility index (Phi) is 6.76. The summed E-state index contributed by atoms with van der Waals surface area (Å²) >= 11 is 3.31. The van der Waals surface area contributed by atoms with Gasteiger partial charge in [-0.2, -0.15) is 0 Å². The van der Waals surface area contributed by atoms with Gasteiger partial charge in [0.1, 0.15) is 11.4 Å². The number of halogens is 1. The van der Waals surface area contributed by atoms with Crippen molar-refractivity contribution in [1.29, 1.82) is 0 Å². The molecule has 0 aliphatic rings. The number of nitrogens with one attached hydrogen (secondary N) is 1. The van der Waals surface area contributed by atoms with E-state index < -0.39 is 10.9 Å². The third-order valence-corrected chi connectivity index (χ3v) is 6.25. The average molecular weight is 523 g/mol. The van der Waals surface area contributed by atoms with E-state index in [1.54, 1.807) is 36.4 Å². The van der Waals surface area contributed by atoms with Crippen LogP contribution in [-0.2, 0) is 10.9 Å². The predicted octanol–water partition coefficient (Wildman–Crippen LogP) is 5.74. The summed E-state index contributed by atoms with van der Waals surface area (Å²) in [6, 6.07) is 27.9. The number of amides is 1. The van der Waals surface area contributed by atoms with Crippen LogP contribution in [0.5, 0.6) is 5.75 Å². The normalized spacial score (nSPS) is 10.7. The van der Waals surface area contributed by atoms with E-state index in [0.717, 1.165) is 19.9 Å². The van der Waals surface area contributed by atoms with Crippen LogP contribution in [0, 0.1) is 0 Å². The second kappa shape index (κ2) is 9.89. The first kappa shape index (κ1) is 22.6. The molecule has 4 aromatic carbocycles. The first-order valence-electron chi connectivity index (χ1n) is 9.92. The van der Waals surface area contributed by atoms with Gasteiger partial charge in [0.05, 0.1) is 5.69 Å². The number of nitrogens with zero attached hydrogens (tertiary/aromatic N) is 1. The molecule has 0 heterocycles. The maximum Gasteiger partial charge on any atom is 0.255 e. The number of phenolic OH excluding ortho intramolecular Hbond substituents is 1. The molecule has 0 radical (unpaired) electrons. The van der Waals surface area contributed by atoms with Crippen LogP contribution >= 0.6 is 15.9 Å². The van der Waals surface area contributed by atoms with E-state index in [0.29, 0.717) is 16.9 Å². The number of anilines is 3. The highest BCUT2D eigenvalue weighted by Gasteiger charge is 2.17. The maximum atomic E-state index is 12.8. The lowest BCUT2D eigenvalue weighted by atomic mass is 10.0. The summed E-state index contributed by atoms with van der Waals surface area (Å²) in [7, 11) is -3.10. The number of benzene rings is 4. The summed E-state index contributed by atoms with van der Waals surface area (Å²) in [5, 5.41) is 13.1. The molecule has 0 unspecified atom stereocenters. The van der Waals surface area contributed by atoms with Gasteiger partial charge in [-0.15, -0.1) is 0 Å². The zero-order valence-electron chi connectivity index (χ0n) is 17.2. The molecular formula is C25H19BrN2O4S. The van der Waals surface area contributed by atoms with Crippen molar-refractivity contribution in [3.05, 3.63) is 107 Å². The number of carbonyl (C=O) groups excluding carboxylic acids is 1. The largest absolute Gasteiger partial charge is 0.506 e. The van der Waals surface area contributed by atoms with Crippen LogP contribution in [0.2, 0.25) is 0 Å². The zero-order valence-corrected chi connectivity index (χ0v) is 19.7. The molecule has 0 fully saturated rings. The smallest absolute Gasteiger partial charge is 0.255 e. The molecule has 4 rings (SSSR count). The Morgan fingerprint density at radius 2 is 1.45 bits per heavy atom. The Balaban J connectivity index is 1.58. The third kappa shape index (κ3) is 5.24. The lowest BCUT2D eigenvalue weighted by Gasteiger charge is -2.20. The third-order valence-electron chi connectivity index (χ3n) is 4.95. The Morgan fingerprint density at radius 1 is 0.818 bits per heavy atom. The van der Waals surface area contributed by atoms with Crippen LogP contribution in [0.1, 0.15) is 10.4 Å². The Labute approximate surface area is 201 Å². The SMILES string of the molecule is O=C(Nc1ccc(O)c(N(c2ccc(Br)cc2)[SH](=O)=O)c1)c1ccc(-c2ccccc2)cc1. The van der Waals surface area contributed by atoms with Crippen molar-refractivity contribution < 1.29 is 18.3 Å². The molecular weight excluding hydrogens is 504 g/mol. The molecule has 0 aromatic heterocycles. The highest BCUT2D eigenvalue weighted by molar-refractivity contribution is 9.10. The van der Waals surface area contributed by atoms with E-state index in [2.05, 4.69) is 21.2 Å². The summed E-state index contributed by atoms with van der Waals surface area (Å²) < 4.78 is 25.8. The van der Waals surface area contributed by atoms with Crippen molar-refractivity contribution in [1.82, 2.24) is 0 Å². The van der Waals surface area contributed by atoms with E-state index in [1.807, 2.05) is 42.5 Å². The summed E-state index contributed by atoms with van der Waals surface area (Å²) in [4.78, 5) is 12.8. The van der Waals surface area contributed by atoms with Gasteiger partial charge >= 0.3 is 0 Å². The topological polar surface area (TPSA) is 86.7 Å². The first-order valence-corrected chi connectivity index (χ1v) is 11.8.